The van der Waals surface area contributed by atoms with Crippen LogP contribution in [0.25, 0.3) is 0 Å². The number of aromatic nitrogens is 2. The maximum absolute atomic E-state index is 10.2. The first-order chi connectivity index (χ1) is 7.47. The molecule has 0 atom stereocenters. The van der Waals surface area contributed by atoms with Gasteiger partial charge in [0.15, 0.2) is 5.75 Å². The topological polar surface area (TPSA) is 38.0 Å². The summed E-state index contributed by atoms with van der Waals surface area (Å²) < 4.78 is 1.97. The number of hydrogen-bond acceptors (Lipinski definition) is 2. The molecule has 0 saturated carbocycles. The van der Waals surface area contributed by atoms with Crippen molar-refractivity contribution >= 4 is 0 Å². The highest BCUT2D eigenvalue weighted by Crippen LogP contribution is 2.28. The van der Waals surface area contributed by atoms with Crippen LogP contribution in [0.2, 0.25) is 0 Å². The highest BCUT2D eigenvalue weighted by molar-refractivity contribution is 5.33. The molecule has 1 aromatic heterocycles. The van der Waals surface area contributed by atoms with Gasteiger partial charge in [-0.25, -0.2) is 0 Å². The van der Waals surface area contributed by atoms with Crippen LogP contribution < -0.4 is 0 Å². The van der Waals surface area contributed by atoms with Gasteiger partial charge in [-0.15, -0.1) is 0 Å². The monoisotopic (exact) mass is 224 g/mol. The number of aromatic hydroxyl groups is 1. The van der Waals surface area contributed by atoms with Gasteiger partial charge in [-0.3, -0.25) is 4.68 Å². The van der Waals surface area contributed by atoms with Crippen molar-refractivity contribution in [2.24, 2.45) is 5.92 Å². The van der Waals surface area contributed by atoms with Crippen LogP contribution in [-0.2, 0) is 12.8 Å². The van der Waals surface area contributed by atoms with Gasteiger partial charge in [0, 0.05) is 6.04 Å². The Kier molecular flexibility index (Phi) is 4.39. The molecule has 0 spiro atoms. The van der Waals surface area contributed by atoms with Gasteiger partial charge in [0.2, 0.25) is 0 Å². The third kappa shape index (κ3) is 2.77. The molecule has 0 bridgehead atoms. The molecular weight excluding hydrogens is 200 g/mol. The molecule has 0 amide bonds. The van der Waals surface area contributed by atoms with Crippen molar-refractivity contribution in [2.45, 2.75) is 59.9 Å². The molecule has 3 heteroatoms. The fourth-order valence-corrected chi connectivity index (χ4v) is 1.92. The van der Waals surface area contributed by atoms with Gasteiger partial charge >= 0.3 is 0 Å². The molecule has 1 aromatic rings. The van der Waals surface area contributed by atoms with Crippen molar-refractivity contribution in [3.05, 3.63) is 11.4 Å². The van der Waals surface area contributed by atoms with Crippen LogP contribution >= 0.6 is 0 Å². The second kappa shape index (κ2) is 5.37. The highest BCUT2D eigenvalue weighted by Gasteiger charge is 2.18. The van der Waals surface area contributed by atoms with E-state index in [0.717, 1.165) is 30.7 Å². The van der Waals surface area contributed by atoms with E-state index in [-0.39, 0.29) is 0 Å². The zero-order valence-electron chi connectivity index (χ0n) is 11.1. The summed E-state index contributed by atoms with van der Waals surface area (Å²) in [5.41, 5.74) is 1.85. The van der Waals surface area contributed by atoms with Crippen LogP contribution in [0.4, 0.5) is 0 Å². The van der Waals surface area contributed by atoms with Crippen molar-refractivity contribution in [3.63, 3.8) is 0 Å². The standard InChI is InChI=1S/C13H24N2O/c1-6-7-11-13(16)12(8-9(2)3)15(14-11)10(4)5/h9-10,16H,6-8H2,1-5H3. The molecule has 0 fully saturated rings. The number of aryl methyl sites for hydroxylation is 1. The quantitative estimate of drug-likeness (QED) is 0.833. The highest BCUT2D eigenvalue weighted by atomic mass is 16.3. The summed E-state index contributed by atoms with van der Waals surface area (Å²) in [7, 11) is 0. The largest absolute Gasteiger partial charge is 0.504 e. The van der Waals surface area contributed by atoms with Crippen LogP contribution in [-0.4, -0.2) is 14.9 Å². The van der Waals surface area contributed by atoms with E-state index in [0.29, 0.717) is 17.7 Å². The molecule has 0 aromatic carbocycles. The number of nitrogens with zero attached hydrogens (tertiary/aromatic N) is 2. The average molecular weight is 224 g/mol. The van der Waals surface area contributed by atoms with Gasteiger partial charge in [0.1, 0.15) is 5.69 Å². The summed E-state index contributed by atoms with van der Waals surface area (Å²) in [4.78, 5) is 0. The summed E-state index contributed by atoms with van der Waals surface area (Å²) in [6.45, 7) is 10.6. The van der Waals surface area contributed by atoms with E-state index in [4.69, 9.17) is 0 Å². The fraction of sp³-hybridized carbons (Fsp3) is 0.769. The van der Waals surface area contributed by atoms with E-state index >= 15 is 0 Å². The molecule has 0 aliphatic rings. The van der Waals surface area contributed by atoms with Crippen LogP contribution in [0.1, 0.15) is 58.5 Å². The van der Waals surface area contributed by atoms with Gasteiger partial charge in [-0.05, 0) is 32.6 Å². The number of hydrogen-bond donors (Lipinski definition) is 1. The first-order valence-corrected chi connectivity index (χ1v) is 6.26. The fourth-order valence-electron chi connectivity index (χ4n) is 1.92. The molecule has 0 saturated heterocycles. The SMILES string of the molecule is CCCc1nn(C(C)C)c(CC(C)C)c1O. The Morgan fingerprint density at radius 1 is 1.25 bits per heavy atom. The summed E-state index contributed by atoms with van der Waals surface area (Å²) in [5.74, 6) is 0.957. The van der Waals surface area contributed by atoms with Crippen LogP contribution in [0, 0.1) is 5.92 Å². The third-order valence-electron chi connectivity index (χ3n) is 2.63. The summed E-state index contributed by atoms with van der Waals surface area (Å²) in [5, 5.41) is 14.7. The average Bonchev–Trinajstić information content (AvgIpc) is 2.46. The predicted molar refractivity (Wildman–Crippen MR) is 66.8 cm³/mol. The van der Waals surface area contributed by atoms with E-state index < -0.39 is 0 Å². The van der Waals surface area contributed by atoms with Gasteiger partial charge in [-0.1, -0.05) is 27.2 Å². The molecule has 0 unspecified atom stereocenters. The second-order valence-corrected chi connectivity index (χ2v) is 5.13. The lowest BCUT2D eigenvalue weighted by atomic mass is 10.1. The van der Waals surface area contributed by atoms with Gasteiger partial charge in [0.05, 0.1) is 5.69 Å². The molecule has 1 N–H and O–H groups in total. The first kappa shape index (κ1) is 13.1. The Bertz CT molecular complexity index is 340. The van der Waals surface area contributed by atoms with E-state index in [2.05, 4.69) is 39.7 Å². The maximum atomic E-state index is 10.2. The zero-order valence-corrected chi connectivity index (χ0v) is 11.1. The minimum Gasteiger partial charge on any atom is -0.504 e. The number of rotatable bonds is 5. The molecule has 0 aliphatic carbocycles. The van der Waals surface area contributed by atoms with E-state index in [1.54, 1.807) is 0 Å². The maximum Gasteiger partial charge on any atom is 0.160 e. The molecule has 16 heavy (non-hydrogen) atoms. The van der Waals surface area contributed by atoms with Crippen LogP contribution in [0.15, 0.2) is 0 Å². The van der Waals surface area contributed by atoms with Crippen molar-refractivity contribution < 1.29 is 5.11 Å². The molecule has 1 rings (SSSR count). The Hall–Kier alpha value is -0.990. The third-order valence-corrected chi connectivity index (χ3v) is 2.63. The lowest BCUT2D eigenvalue weighted by molar-refractivity contribution is 0.440. The van der Waals surface area contributed by atoms with Crippen LogP contribution in [0.3, 0.4) is 0 Å². The van der Waals surface area contributed by atoms with E-state index in [1.807, 2.05) is 4.68 Å². The summed E-state index contributed by atoms with van der Waals surface area (Å²) in [6, 6.07) is 0.310. The molecular formula is C13H24N2O. The Balaban J connectivity index is 3.10. The molecule has 0 radical (unpaired) electrons. The lowest BCUT2D eigenvalue weighted by Crippen LogP contribution is -2.09. The summed E-state index contributed by atoms with van der Waals surface area (Å²) in [6.07, 6.45) is 2.77. The second-order valence-electron chi connectivity index (χ2n) is 5.13. The van der Waals surface area contributed by atoms with Crippen molar-refractivity contribution in [1.29, 1.82) is 0 Å². The Morgan fingerprint density at radius 3 is 2.31 bits per heavy atom. The van der Waals surface area contributed by atoms with E-state index in [9.17, 15) is 5.11 Å². The normalized spacial score (nSPS) is 11.7. The van der Waals surface area contributed by atoms with Gasteiger partial charge < -0.3 is 5.11 Å². The molecule has 92 valence electrons. The zero-order chi connectivity index (χ0) is 12.3. The lowest BCUT2D eigenvalue weighted by Gasteiger charge is -2.12. The minimum atomic E-state index is 0.310. The van der Waals surface area contributed by atoms with E-state index in [1.165, 1.54) is 0 Å². The van der Waals surface area contributed by atoms with Gasteiger partial charge in [-0.2, -0.15) is 5.10 Å². The Labute approximate surface area is 98.5 Å². The molecule has 3 nitrogen and oxygen atoms in total. The van der Waals surface area contributed by atoms with Crippen molar-refractivity contribution in [1.82, 2.24) is 9.78 Å². The van der Waals surface area contributed by atoms with Crippen molar-refractivity contribution in [3.8, 4) is 5.75 Å². The minimum absolute atomic E-state index is 0.310. The Morgan fingerprint density at radius 2 is 1.88 bits per heavy atom. The smallest absolute Gasteiger partial charge is 0.160 e. The van der Waals surface area contributed by atoms with Crippen molar-refractivity contribution in [2.75, 3.05) is 0 Å². The van der Waals surface area contributed by atoms with Crippen LogP contribution in [0.5, 0.6) is 5.75 Å². The summed E-state index contributed by atoms with van der Waals surface area (Å²) >= 11 is 0. The molecule has 0 aliphatic heterocycles. The van der Waals surface area contributed by atoms with Gasteiger partial charge in [0.25, 0.3) is 0 Å². The first-order valence-electron chi connectivity index (χ1n) is 6.26. The molecule has 1 heterocycles. The predicted octanol–water partition coefficient (Wildman–Crippen LogP) is 3.32.